The monoisotopic (exact) mass is 84.1 g/mol. The van der Waals surface area contributed by atoms with Gasteiger partial charge in [-0.05, 0) is 6.92 Å². The van der Waals surface area contributed by atoms with Crippen molar-refractivity contribution in [3.05, 3.63) is 5.92 Å². The molecule has 1 aliphatic carbocycles. The van der Waals surface area contributed by atoms with E-state index in [0.29, 0.717) is 6.04 Å². The predicted octanol–water partition coefficient (Wildman–Crippen LogP) is 0.702. The maximum atomic E-state index is 5.44. The molecule has 1 nitrogen and oxygen atoms in total. The summed E-state index contributed by atoms with van der Waals surface area (Å²) in [6.45, 7) is 2.15. The molecule has 0 aromatic carbocycles. The van der Waals surface area contributed by atoms with Crippen LogP contribution in [0.15, 0.2) is 0 Å². The van der Waals surface area contributed by atoms with Gasteiger partial charge in [0.2, 0.25) is 0 Å². The molecule has 0 spiro atoms. The first kappa shape index (κ1) is 4.00. The van der Waals surface area contributed by atoms with E-state index in [2.05, 4.69) is 6.92 Å². The van der Waals surface area contributed by atoms with Gasteiger partial charge in [-0.25, -0.2) is 0 Å². The normalized spacial score (nSPS) is 31.0. The van der Waals surface area contributed by atoms with Crippen molar-refractivity contribution in [2.24, 2.45) is 5.73 Å². The van der Waals surface area contributed by atoms with E-state index in [1.807, 2.05) is 0 Å². The molecule has 0 aromatic rings. The molecule has 0 aliphatic heterocycles. The number of rotatable bonds is 1. The van der Waals surface area contributed by atoms with Crippen molar-refractivity contribution in [1.29, 1.82) is 0 Å². The second-order valence-electron chi connectivity index (χ2n) is 1.82. The molecule has 1 unspecified atom stereocenters. The molecule has 0 amide bonds. The van der Waals surface area contributed by atoms with Gasteiger partial charge in [0.05, 0.1) is 6.42 Å². The molecule has 0 heterocycles. The van der Waals surface area contributed by atoms with Gasteiger partial charge in [0.1, 0.15) is 12.3 Å². The molecule has 1 aliphatic rings. The van der Waals surface area contributed by atoms with Crippen LogP contribution in [-0.2, 0) is 0 Å². The van der Waals surface area contributed by atoms with Gasteiger partial charge in [-0.1, -0.05) is 0 Å². The van der Waals surface area contributed by atoms with Crippen LogP contribution in [0.2, 0.25) is 0 Å². The van der Waals surface area contributed by atoms with Crippen molar-refractivity contribution in [1.82, 2.24) is 0 Å². The van der Waals surface area contributed by atoms with Gasteiger partial charge < -0.3 is 0 Å². The highest BCUT2D eigenvalue weighted by Gasteiger charge is 2.46. The summed E-state index contributed by atoms with van der Waals surface area (Å²) in [5, 5.41) is 0. The van der Waals surface area contributed by atoms with Gasteiger partial charge in [0, 0.05) is 0 Å². The Morgan fingerprint density at radius 3 is 2.50 bits per heavy atom. The Balaban J connectivity index is 2.09. The summed E-state index contributed by atoms with van der Waals surface area (Å²) in [4.78, 5) is 0. The Bertz CT molecular complexity index is 49.9. The maximum Gasteiger partial charge on any atom is 0.189 e. The van der Waals surface area contributed by atoms with Gasteiger partial charge in [-0.15, -0.1) is 0 Å². The largest absolute Gasteiger partial charge is 0.287 e. The van der Waals surface area contributed by atoms with Crippen molar-refractivity contribution in [2.45, 2.75) is 25.8 Å². The Morgan fingerprint density at radius 1 is 2.00 bits per heavy atom. The maximum absolute atomic E-state index is 5.44. The standard InChI is InChI=1S/C5H10N/c1-2-4-3-5(4)6/h5H,2-3,6H2,1H3/q+1. The van der Waals surface area contributed by atoms with Crippen molar-refractivity contribution in [3.63, 3.8) is 0 Å². The van der Waals surface area contributed by atoms with Crippen molar-refractivity contribution in [2.75, 3.05) is 0 Å². The summed E-state index contributed by atoms with van der Waals surface area (Å²) in [5.74, 6) is 1.54. The minimum absolute atomic E-state index is 0.481. The molecule has 2 N–H and O–H groups in total. The molecular formula is C5H10N+. The highest BCUT2D eigenvalue weighted by molar-refractivity contribution is 5.16. The second-order valence-corrected chi connectivity index (χ2v) is 1.82. The average molecular weight is 84.1 g/mol. The zero-order valence-electron chi connectivity index (χ0n) is 4.07. The van der Waals surface area contributed by atoms with Gasteiger partial charge in [-0.2, -0.15) is 0 Å². The van der Waals surface area contributed by atoms with E-state index in [1.165, 1.54) is 18.8 Å². The van der Waals surface area contributed by atoms with Gasteiger partial charge >= 0.3 is 0 Å². The third kappa shape index (κ3) is 0.500. The molecule has 1 fully saturated rings. The van der Waals surface area contributed by atoms with E-state index in [0.717, 1.165) is 0 Å². The van der Waals surface area contributed by atoms with Crippen LogP contribution in [0.1, 0.15) is 19.8 Å². The lowest BCUT2D eigenvalue weighted by Crippen LogP contribution is -1.99. The smallest absolute Gasteiger partial charge is 0.189 e. The molecule has 0 saturated heterocycles. The molecule has 1 atom stereocenters. The fourth-order valence-electron chi connectivity index (χ4n) is 0.630. The van der Waals surface area contributed by atoms with Crippen LogP contribution in [-0.4, -0.2) is 6.04 Å². The zero-order chi connectivity index (χ0) is 4.57. The van der Waals surface area contributed by atoms with Crippen LogP contribution in [0.3, 0.4) is 0 Å². The topological polar surface area (TPSA) is 26.0 Å². The summed E-state index contributed by atoms with van der Waals surface area (Å²) in [6.07, 6.45) is 2.39. The third-order valence-corrected chi connectivity index (χ3v) is 1.30. The summed E-state index contributed by atoms with van der Waals surface area (Å²) < 4.78 is 0. The van der Waals surface area contributed by atoms with Gasteiger partial charge in [0.25, 0.3) is 0 Å². The van der Waals surface area contributed by atoms with Crippen molar-refractivity contribution < 1.29 is 0 Å². The summed E-state index contributed by atoms with van der Waals surface area (Å²) >= 11 is 0. The van der Waals surface area contributed by atoms with Gasteiger partial charge in [-0.3, -0.25) is 5.73 Å². The van der Waals surface area contributed by atoms with Crippen LogP contribution in [0.5, 0.6) is 0 Å². The first-order chi connectivity index (χ1) is 2.84. The molecule has 6 heavy (non-hydrogen) atoms. The zero-order valence-corrected chi connectivity index (χ0v) is 4.07. The highest BCUT2D eigenvalue weighted by Crippen LogP contribution is 2.33. The number of nitrogens with two attached hydrogens (primary N) is 1. The van der Waals surface area contributed by atoms with Crippen LogP contribution < -0.4 is 5.73 Å². The highest BCUT2D eigenvalue weighted by atomic mass is 14.7. The molecule has 0 aromatic heterocycles. The fourth-order valence-corrected chi connectivity index (χ4v) is 0.630. The van der Waals surface area contributed by atoms with Crippen LogP contribution in [0.25, 0.3) is 0 Å². The Hall–Kier alpha value is -0.170. The predicted molar refractivity (Wildman–Crippen MR) is 26.1 cm³/mol. The van der Waals surface area contributed by atoms with E-state index in [-0.39, 0.29) is 0 Å². The summed E-state index contributed by atoms with van der Waals surface area (Å²) in [7, 11) is 0. The quantitative estimate of drug-likeness (QED) is 0.465. The number of hydrogen-bond acceptors (Lipinski definition) is 1. The number of hydrogen-bond donors (Lipinski definition) is 1. The second kappa shape index (κ2) is 1.16. The first-order valence-electron chi connectivity index (χ1n) is 2.44. The van der Waals surface area contributed by atoms with Gasteiger partial charge in [0.15, 0.2) is 6.04 Å². The lowest BCUT2D eigenvalue weighted by molar-refractivity contribution is 0.996. The van der Waals surface area contributed by atoms with Crippen molar-refractivity contribution in [3.8, 4) is 0 Å². The van der Waals surface area contributed by atoms with Crippen LogP contribution in [0, 0.1) is 5.92 Å². The molecule has 1 saturated carbocycles. The molecule has 0 bridgehead atoms. The van der Waals surface area contributed by atoms with E-state index in [9.17, 15) is 0 Å². The fraction of sp³-hybridized carbons (Fsp3) is 0.800. The first-order valence-corrected chi connectivity index (χ1v) is 2.44. The van der Waals surface area contributed by atoms with E-state index < -0.39 is 0 Å². The SMILES string of the molecule is CC[C+]1CC1N. The average Bonchev–Trinajstić information content (AvgIpc) is 2.19. The Labute approximate surface area is 38.5 Å². The minimum Gasteiger partial charge on any atom is -0.287 e. The summed E-state index contributed by atoms with van der Waals surface area (Å²) in [5.41, 5.74) is 5.44. The van der Waals surface area contributed by atoms with Crippen LogP contribution in [0.4, 0.5) is 0 Å². The van der Waals surface area contributed by atoms with E-state index in [4.69, 9.17) is 5.73 Å². The molecule has 1 rings (SSSR count). The van der Waals surface area contributed by atoms with Crippen LogP contribution >= 0.6 is 0 Å². The lowest BCUT2D eigenvalue weighted by atomic mass is 10.3. The Kier molecular flexibility index (Phi) is 0.771. The molecule has 1 heteroatoms. The minimum atomic E-state index is 0.481. The van der Waals surface area contributed by atoms with E-state index in [1.54, 1.807) is 0 Å². The molecule has 0 radical (unpaired) electrons. The van der Waals surface area contributed by atoms with Crippen molar-refractivity contribution >= 4 is 0 Å². The molecular weight excluding hydrogens is 74.1 g/mol. The lowest BCUT2D eigenvalue weighted by Gasteiger charge is -1.66. The molecule has 34 valence electrons. The third-order valence-electron chi connectivity index (χ3n) is 1.30. The Morgan fingerprint density at radius 2 is 2.50 bits per heavy atom. The summed E-state index contributed by atoms with van der Waals surface area (Å²) in [6, 6.07) is 0.481. The van der Waals surface area contributed by atoms with E-state index >= 15 is 0 Å².